The van der Waals surface area contributed by atoms with Crippen molar-refractivity contribution in [1.82, 2.24) is 4.90 Å². The summed E-state index contributed by atoms with van der Waals surface area (Å²) < 4.78 is 45.3. The SMILES string of the molecule is CC1=C(C(=O)OCC(O)CO)C(c2ccc(C#N)cc2)N(C(N)=O)C(=N)N1c1cccc(C(F)(F)F)c1. The molecule has 0 aliphatic carbocycles. The summed E-state index contributed by atoms with van der Waals surface area (Å²) in [5.74, 6) is -1.71. The Morgan fingerprint density at radius 2 is 1.89 bits per heavy atom. The highest BCUT2D eigenvalue weighted by atomic mass is 19.4. The van der Waals surface area contributed by atoms with Crippen LogP contribution in [0.2, 0.25) is 0 Å². The van der Waals surface area contributed by atoms with E-state index in [9.17, 15) is 27.9 Å². The number of halogens is 3. The average molecular weight is 517 g/mol. The van der Waals surface area contributed by atoms with Gasteiger partial charge in [0, 0.05) is 11.4 Å². The monoisotopic (exact) mass is 517 g/mol. The lowest BCUT2D eigenvalue weighted by molar-refractivity contribution is -0.143. The van der Waals surface area contributed by atoms with Crippen LogP contribution in [0.1, 0.15) is 29.7 Å². The molecule has 194 valence electrons. The van der Waals surface area contributed by atoms with Crippen LogP contribution in [0.5, 0.6) is 0 Å². The van der Waals surface area contributed by atoms with Crippen LogP contribution in [0.15, 0.2) is 59.8 Å². The van der Waals surface area contributed by atoms with Crippen LogP contribution in [-0.4, -0.2) is 52.4 Å². The van der Waals surface area contributed by atoms with Gasteiger partial charge in [-0.05, 0) is 42.8 Å². The second-order valence-electron chi connectivity index (χ2n) is 7.99. The number of alkyl halides is 3. The first-order valence-electron chi connectivity index (χ1n) is 10.7. The summed E-state index contributed by atoms with van der Waals surface area (Å²) in [7, 11) is 0. The van der Waals surface area contributed by atoms with Gasteiger partial charge in [0.1, 0.15) is 18.8 Å². The molecule has 1 heterocycles. The van der Waals surface area contributed by atoms with E-state index in [1.54, 1.807) is 0 Å². The number of guanidine groups is 1. The van der Waals surface area contributed by atoms with Gasteiger partial charge in [0.25, 0.3) is 0 Å². The highest BCUT2D eigenvalue weighted by molar-refractivity contribution is 6.10. The van der Waals surface area contributed by atoms with Crippen molar-refractivity contribution in [1.29, 1.82) is 10.7 Å². The number of nitrogens with two attached hydrogens (primary N) is 1. The van der Waals surface area contributed by atoms with Crippen LogP contribution >= 0.6 is 0 Å². The summed E-state index contributed by atoms with van der Waals surface area (Å²) in [6.07, 6.45) is -6.12. The predicted octanol–water partition coefficient (Wildman–Crippen LogP) is 2.62. The number of benzene rings is 2. The molecule has 37 heavy (non-hydrogen) atoms. The van der Waals surface area contributed by atoms with Crippen molar-refractivity contribution in [3.8, 4) is 6.07 Å². The van der Waals surface area contributed by atoms with E-state index in [-0.39, 0.29) is 28.1 Å². The van der Waals surface area contributed by atoms with E-state index in [0.717, 1.165) is 23.1 Å². The molecule has 0 saturated heterocycles. The van der Waals surface area contributed by atoms with Crippen molar-refractivity contribution < 1.29 is 37.7 Å². The zero-order valence-corrected chi connectivity index (χ0v) is 19.4. The zero-order chi connectivity index (χ0) is 27.5. The van der Waals surface area contributed by atoms with Crippen molar-refractivity contribution in [2.75, 3.05) is 18.1 Å². The van der Waals surface area contributed by atoms with E-state index >= 15 is 0 Å². The van der Waals surface area contributed by atoms with E-state index in [1.807, 2.05) is 6.07 Å². The number of nitrogens with one attached hydrogen (secondary N) is 1. The first-order chi connectivity index (χ1) is 17.4. The Morgan fingerprint density at radius 1 is 1.24 bits per heavy atom. The summed E-state index contributed by atoms with van der Waals surface area (Å²) in [6.45, 7) is 0.0193. The molecule has 0 saturated carbocycles. The molecule has 2 aromatic carbocycles. The van der Waals surface area contributed by atoms with Crippen LogP contribution in [0, 0.1) is 16.7 Å². The summed E-state index contributed by atoms with van der Waals surface area (Å²) in [6, 6.07) is 8.99. The minimum Gasteiger partial charge on any atom is -0.459 e. The van der Waals surface area contributed by atoms with Crippen LogP contribution in [-0.2, 0) is 15.7 Å². The molecule has 2 atom stereocenters. The molecule has 10 nitrogen and oxygen atoms in total. The summed E-state index contributed by atoms with van der Waals surface area (Å²) in [5, 5.41) is 36.4. The number of rotatable bonds is 6. The fourth-order valence-corrected chi connectivity index (χ4v) is 3.82. The third-order valence-electron chi connectivity index (χ3n) is 5.56. The Balaban J connectivity index is 2.25. The highest BCUT2D eigenvalue weighted by Gasteiger charge is 2.44. The number of amides is 2. The molecule has 0 fully saturated rings. The Hall–Kier alpha value is -4.41. The number of nitrogens with zero attached hydrogens (tertiary/aromatic N) is 3. The van der Waals surface area contributed by atoms with Crippen molar-refractivity contribution in [3.05, 3.63) is 76.5 Å². The molecule has 0 bridgehead atoms. The van der Waals surface area contributed by atoms with Gasteiger partial charge in [-0.3, -0.25) is 15.2 Å². The Bertz CT molecular complexity index is 1290. The number of allylic oxidation sites excluding steroid dienone is 1. The average Bonchev–Trinajstić information content (AvgIpc) is 2.86. The quantitative estimate of drug-likeness (QED) is 0.428. The van der Waals surface area contributed by atoms with Crippen LogP contribution in [0.25, 0.3) is 0 Å². The number of urea groups is 1. The molecule has 2 aromatic rings. The van der Waals surface area contributed by atoms with Crippen LogP contribution in [0.4, 0.5) is 23.7 Å². The summed E-state index contributed by atoms with van der Waals surface area (Å²) in [5.41, 5.74) is 4.58. The normalized spacial score (nSPS) is 16.9. The number of esters is 1. The number of carbonyl (C=O) groups excluding carboxylic acids is 2. The molecule has 5 N–H and O–H groups in total. The number of primary amides is 1. The fraction of sp³-hybridized carbons (Fsp3) is 0.250. The molecule has 1 aliphatic heterocycles. The van der Waals surface area contributed by atoms with Crippen LogP contribution in [0.3, 0.4) is 0 Å². The molecular weight excluding hydrogens is 495 g/mol. The third-order valence-corrected chi connectivity index (χ3v) is 5.56. The number of aliphatic hydroxyl groups excluding tert-OH is 2. The minimum absolute atomic E-state index is 0.0420. The molecule has 0 spiro atoms. The summed E-state index contributed by atoms with van der Waals surface area (Å²) in [4.78, 5) is 27.4. The van der Waals surface area contributed by atoms with Gasteiger partial charge in [0.15, 0.2) is 0 Å². The number of anilines is 1. The van der Waals surface area contributed by atoms with E-state index in [0.29, 0.717) is 4.90 Å². The van der Waals surface area contributed by atoms with Gasteiger partial charge in [-0.15, -0.1) is 0 Å². The highest BCUT2D eigenvalue weighted by Crippen LogP contribution is 2.41. The Kier molecular flexibility index (Phi) is 7.85. The van der Waals surface area contributed by atoms with Gasteiger partial charge < -0.3 is 20.7 Å². The maximum Gasteiger partial charge on any atom is 0.416 e. The van der Waals surface area contributed by atoms with E-state index in [1.165, 1.54) is 37.3 Å². The lowest BCUT2D eigenvalue weighted by Crippen LogP contribution is -2.55. The second kappa shape index (κ2) is 10.7. The molecule has 0 radical (unpaired) electrons. The molecule has 2 amide bonds. The topological polar surface area (TPSA) is 164 Å². The largest absolute Gasteiger partial charge is 0.459 e. The van der Waals surface area contributed by atoms with E-state index < -0.39 is 55.1 Å². The maximum absolute atomic E-state index is 13.4. The molecule has 0 aromatic heterocycles. The number of hydrogen-bond acceptors (Lipinski definition) is 7. The van der Waals surface area contributed by atoms with Crippen molar-refractivity contribution in [3.63, 3.8) is 0 Å². The van der Waals surface area contributed by atoms with Gasteiger partial charge in [-0.1, -0.05) is 18.2 Å². The zero-order valence-electron chi connectivity index (χ0n) is 19.4. The molecular formula is C24H22F3N5O5. The summed E-state index contributed by atoms with van der Waals surface area (Å²) >= 11 is 0. The van der Waals surface area contributed by atoms with Crippen molar-refractivity contribution in [2.24, 2.45) is 5.73 Å². The first-order valence-corrected chi connectivity index (χ1v) is 10.7. The fourth-order valence-electron chi connectivity index (χ4n) is 3.82. The van der Waals surface area contributed by atoms with Crippen molar-refractivity contribution in [2.45, 2.75) is 25.2 Å². The van der Waals surface area contributed by atoms with Crippen molar-refractivity contribution >= 4 is 23.6 Å². The van der Waals surface area contributed by atoms with Gasteiger partial charge in [0.05, 0.1) is 29.4 Å². The first kappa shape index (κ1) is 27.2. The lowest BCUT2D eigenvalue weighted by atomic mass is 9.92. The number of ether oxygens (including phenoxy) is 1. The Labute approximate surface area is 209 Å². The van der Waals surface area contributed by atoms with E-state index in [4.69, 9.17) is 26.2 Å². The number of nitriles is 1. The molecule has 2 unspecified atom stereocenters. The second-order valence-corrected chi connectivity index (χ2v) is 7.99. The smallest absolute Gasteiger partial charge is 0.416 e. The minimum atomic E-state index is -4.71. The number of carbonyl (C=O) groups is 2. The molecule has 13 heteroatoms. The molecule has 1 aliphatic rings. The van der Waals surface area contributed by atoms with Gasteiger partial charge >= 0.3 is 18.2 Å². The predicted molar refractivity (Wildman–Crippen MR) is 124 cm³/mol. The van der Waals surface area contributed by atoms with Gasteiger partial charge in [-0.25, -0.2) is 9.59 Å². The number of hydrogen-bond donors (Lipinski definition) is 4. The van der Waals surface area contributed by atoms with Gasteiger partial charge in [-0.2, -0.15) is 18.4 Å². The van der Waals surface area contributed by atoms with E-state index in [2.05, 4.69) is 0 Å². The third kappa shape index (κ3) is 5.55. The van der Waals surface area contributed by atoms with Gasteiger partial charge in [0.2, 0.25) is 5.96 Å². The standard InChI is InChI=1S/C24H22F3N5O5/c1-13-19(21(35)37-12-18(34)11-33)20(15-7-5-14(10-28)6-8-15)32(23(30)36)22(29)31(13)17-4-2-3-16(9-17)24(25,26)27/h2-9,18,20,29,33-34H,11-12H2,1H3,(H2,30,36). The maximum atomic E-state index is 13.4. The Morgan fingerprint density at radius 3 is 2.43 bits per heavy atom. The van der Waals surface area contributed by atoms with Crippen LogP contribution < -0.4 is 10.6 Å². The lowest BCUT2D eigenvalue weighted by Gasteiger charge is -2.43. The molecule has 3 rings (SSSR count). The number of aliphatic hydroxyl groups is 2.